The Labute approximate surface area is 145 Å². The van der Waals surface area contributed by atoms with Gasteiger partial charge in [-0.05, 0) is 36.8 Å². The highest BCUT2D eigenvalue weighted by atomic mass is 19.1. The summed E-state index contributed by atoms with van der Waals surface area (Å²) >= 11 is 0. The number of halogens is 1. The molecule has 0 atom stereocenters. The highest BCUT2D eigenvalue weighted by molar-refractivity contribution is 5.85. The van der Waals surface area contributed by atoms with Crippen molar-refractivity contribution in [2.45, 2.75) is 19.8 Å². The van der Waals surface area contributed by atoms with Crippen molar-refractivity contribution in [2.24, 2.45) is 0 Å². The van der Waals surface area contributed by atoms with Crippen LogP contribution in [0, 0.1) is 5.82 Å². The van der Waals surface area contributed by atoms with Crippen LogP contribution in [0.25, 0.3) is 16.9 Å². The molecule has 0 unspecified atom stereocenters. The van der Waals surface area contributed by atoms with Crippen LogP contribution in [0.5, 0.6) is 5.75 Å². The molecule has 3 aromatic rings. The van der Waals surface area contributed by atoms with Gasteiger partial charge in [-0.1, -0.05) is 31.5 Å². The average molecular weight is 338 g/mol. The summed E-state index contributed by atoms with van der Waals surface area (Å²) in [5.41, 5.74) is 2.22. The van der Waals surface area contributed by atoms with E-state index in [4.69, 9.17) is 4.74 Å². The Hall–Kier alpha value is -2.95. The van der Waals surface area contributed by atoms with Crippen molar-refractivity contribution in [1.82, 2.24) is 9.78 Å². The number of aromatic nitrogens is 2. The number of nitrogens with zero attached hydrogens (tertiary/aromatic N) is 2. The lowest BCUT2D eigenvalue weighted by Gasteiger charge is -2.07. The standard InChI is InChI=1S/C20H19FN2O2/c1-2-3-11-25-19-10-9-15(12-18(19)21)20-16(14-24)13-23(22-20)17-7-5-4-6-8-17/h4-10,12-14H,2-3,11H2,1H3. The van der Waals surface area contributed by atoms with Crippen LogP contribution in [0.4, 0.5) is 4.39 Å². The first-order chi connectivity index (χ1) is 12.2. The summed E-state index contributed by atoms with van der Waals surface area (Å²) in [6.45, 7) is 2.53. The minimum absolute atomic E-state index is 0.215. The molecule has 4 nitrogen and oxygen atoms in total. The number of unbranched alkanes of at least 4 members (excludes halogenated alkanes) is 1. The Balaban J connectivity index is 1.92. The normalized spacial score (nSPS) is 10.6. The summed E-state index contributed by atoms with van der Waals surface area (Å²) in [7, 11) is 0. The third kappa shape index (κ3) is 3.76. The van der Waals surface area contributed by atoms with Crippen LogP contribution in [-0.4, -0.2) is 22.7 Å². The second-order valence-electron chi connectivity index (χ2n) is 5.68. The second kappa shape index (κ2) is 7.75. The topological polar surface area (TPSA) is 44.1 Å². The monoisotopic (exact) mass is 338 g/mol. The van der Waals surface area contributed by atoms with Gasteiger partial charge in [0.2, 0.25) is 0 Å². The molecule has 1 heterocycles. The molecule has 128 valence electrons. The van der Waals surface area contributed by atoms with E-state index in [1.165, 1.54) is 6.07 Å². The predicted octanol–water partition coefficient (Wildman–Crippen LogP) is 4.67. The number of carbonyl (C=O) groups excluding carboxylic acids is 1. The second-order valence-corrected chi connectivity index (χ2v) is 5.68. The van der Waals surface area contributed by atoms with Gasteiger partial charge in [0.05, 0.1) is 17.9 Å². The lowest BCUT2D eigenvalue weighted by Crippen LogP contribution is -1.99. The lowest BCUT2D eigenvalue weighted by molar-refractivity contribution is 0.112. The van der Waals surface area contributed by atoms with Crippen molar-refractivity contribution in [3.8, 4) is 22.7 Å². The highest BCUT2D eigenvalue weighted by Crippen LogP contribution is 2.27. The van der Waals surface area contributed by atoms with Gasteiger partial charge < -0.3 is 4.74 Å². The third-order valence-electron chi connectivity index (χ3n) is 3.85. The van der Waals surface area contributed by atoms with E-state index in [2.05, 4.69) is 5.10 Å². The zero-order valence-electron chi connectivity index (χ0n) is 14.0. The largest absolute Gasteiger partial charge is 0.491 e. The quantitative estimate of drug-likeness (QED) is 0.464. The molecule has 0 amide bonds. The number of para-hydroxylation sites is 1. The molecule has 0 N–H and O–H groups in total. The molecule has 0 saturated carbocycles. The van der Waals surface area contributed by atoms with Crippen molar-refractivity contribution < 1.29 is 13.9 Å². The number of hydrogen-bond acceptors (Lipinski definition) is 3. The summed E-state index contributed by atoms with van der Waals surface area (Å²) in [5.74, 6) is -0.243. The zero-order chi connectivity index (χ0) is 17.6. The molecule has 0 aliphatic heterocycles. The molecule has 0 fully saturated rings. The van der Waals surface area contributed by atoms with Gasteiger partial charge in [-0.2, -0.15) is 5.10 Å². The molecule has 2 aromatic carbocycles. The first-order valence-corrected chi connectivity index (χ1v) is 8.26. The summed E-state index contributed by atoms with van der Waals surface area (Å²) in [6.07, 6.45) is 4.23. The van der Waals surface area contributed by atoms with Crippen LogP contribution < -0.4 is 4.74 Å². The Kier molecular flexibility index (Phi) is 5.23. The maximum Gasteiger partial charge on any atom is 0.165 e. The molecule has 0 spiro atoms. The maximum atomic E-state index is 14.3. The Morgan fingerprint density at radius 1 is 1.20 bits per heavy atom. The number of hydrogen-bond donors (Lipinski definition) is 0. The Morgan fingerprint density at radius 3 is 2.68 bits per heavy atom. The molecule has 0 radical (unpaired) electrons. The van der Waals surface area contributed by atoms with Crippen LogP contribution >= 0.6 is 0 Å². The summed E-state index contributed by atoms with van der Waals surface area (Å²) < 4.78 is 21.3. The summed E-state index contributed by atoms with van der Waals surface area (Å²) in [5, 5.41) is 4.45. The molecule has 1 aromatic heterocycles. The third-order valence-corrected chi connectivity index (χ3v) is 3.85. The van der Waals surface area contributed by atoms with E-state index in [1.54, 1.807) is 23.0 Å². The van der Waals surface area contributed by atoms with Gasteiger partial charge in [-0.25, -0.2) is 9.07 Å². The molecule has 25 heavy (non-hydrogen) atoms. The smallest absolute Gasteiger partial charge is 0.165 e. The fourth-order valence-corrected chi connectivity index (χ4v) is 2.50. The van der Waals surface area contributed by atoms with Crippen molar-refractivity contribution in [2.75, 3.05) is 6.61 Å². The van der Waals surface area contributed by atoms with Crippen LogP contribution in [0.2, 0.25) is 0 Å². The van der Waals surface area contributed by atoms with Crippen LogP contribution in [0.15, 0.2) is 54.7 Å². The van der Waals surface area contributed by atoms with Gasteiger partial charge in [0.1, 0.15) is 5.69 Å². The fraction of sp³-hybridized carbons (Fsp3) is 0.200. The number of rotatable bonds is 7. The van der Waals surface area contributed by atoms with Gasteiger partial charge in [0, 0.05) is 11.8 Å². The molecule has 0 aliphatic rings. The highest BCUT2D eigenvalue weighted by Gasteiger charge is 2.14. The number of ether oxygens (including phenoxy) is 1. The molecule has 3 rings (SSSR count). The zero-order valence-corrected chi connectivity index (χ0v) is 14.0. The molecule has 0 aliphatic carbocycles. The molecular formula is C20H19FN2O2. The Bertz CT molecular complexity index is 859. The van der Waals surface area contributed by atoms with Crippen LogP contribution in [0.1, 0.15) is 30.1 Å². The van der Waals surface area contributed by atoms with Crippen molar-refractivity contribution >= 4 is 6.29 Å². The number of aldehydes is 1. The van der Waals surface area contributed by atoms with Gasteiger partial charge in [-0.3, -0.25) is 4.79 Å². The van der Waals surface area contributed by atoms with E-state index in [1.807, 2.05) is 37.3 Å². The van der Waals surface area contributed by atoms with E-state index in [0.29, 0.717) is 23.4 Å². The predicted molar refractivity (Wildman–Crippen MR) is 94.7 cm³/mol. The van der Waals surface area contributed by atoms with E-state index >= 15 is 0 Å². The van der Waals surface area contributed by atoms with Crippen molar-refractivity contribution in [3.05, 3.63) is 66.1 Å². The minimum Gasteiger partial charge on any atom is -0.491 e. The Morgan fingerprint density at radius 2 is 2.00 bits per heavy atom. The van der Waals surface area contributed by atoms with Crippen molar-refractivity contribution in [3.63, 3.8) is 0 Å². The van der Waals surface area contributed by atoms with E-state index in [-0.39, 0.29) is 5.75 Å². The number of benzene rings is 2. The molecule has 5 heteroatoms. The van der Waals surface area contributed by atoms with Gasteiger partial charge in [0.15, 0.2) is 17.9 Å². The van der Waals surface area contributed by atoms with E-state index in [9.17, 15) is 9.18 Å². The van der Waals surface area contributed by atoms with Crippen LogP contribution in [0.3, 0.4) is 0 Å². The van der Waals surface area contributed by atoms with Gasteiger partial charge in [0.25, 0.3) is 0 Å². The van der Waals surface area contributed by atoms with Gasteiger partial charge >= 0.3 is 0 Å². The van der Waals surface area contributed by atoms with E-state index in [0.717, 1.165) is 24.8 Å². The molecule has 0 saturated heterocycles. The fourth-order valence-electron chi connectivity index (χ4n) is 2.50. The average Bonchev–Trinajstić information content (AvgIpc) is 3.08. The number of carbonyl (C=O) groups is 1. The first kappa shape index (κ1) is 16.9. The first-order valence-electron chi connectivity index (χ1n) is 8.26. The lowest BCUT2D eigenvalue weighted by atomic mass is 10.1. The molecule has 0 bridgehead atoms. The van der Waals surface area contributed by atoms with Crippen molar-refractivity contribution in [1.29, 1.82) is 0 Å². The minimum atomic E-state index is -0.459. The van der Waals surface area contributed by atoms with Gasteiger partial charge in [-0.15, -0.1) is 0 Å². The maximum absolute atomic E-state index is 14.3. The van der Waals surface area contributed by atoms with E-state index < -0.39 is 5.82 Å². The summed E-state index contributed by atoms with van der Waals surface area (Å²) in [6, 6.07) is 14.1. The van der Waals surface area contributed by atoms with Crippen LogP contribution in [-0.2, 0) is 0 Å². The SMILES string of the molecule is CCCCOc1ccc(-c2nn(-c3ccccc3)cc2C=O)cc1F. The molecular weight excluding hydrogens is 319 g/mol. The summed E-state index contributed by atoms with van der Waals surface area (Å²) in [4.78, 5) is 11.4.